The van der Waals surface area contributed by atoms with Crippen molar-refractivity contribution < 1.29 is 9.53 Å². The van der Waals surface area contributed by atoms with Gasteiger partial charge in [0.05, 0.1) is 0 Å². The lowest BCUT2D eigenvalue weighted by Gasteiger charge is -2.14. The van der Waals surface area contributed by atoms with E-state index in [2.05, 4.69) is 37.5 Å². The van der Waals surface area contributed by atoms with Crippen molar-refractivity contribution in [3.8, 4) is 0 Å². The number of thioether (sulfide) groups is 2. The van der Waals surface area contributed by atoms with Gasteiger partial charge >= 0.3 is 5.97 Å². The summed E-state index contributed by atoms with van der Waals surface area (Å²) in [5, 5.41) is 8.80. The molecular formula is C13H20N2O2S3. The fraction of sp³-hybridized carbons (Fsp3) is 0.615. The molecule has 0 saturated heterocycles. The summed E-state index contributed by atoms with van der Waals surface area (Å²) in [6.07, 6.45) is 2.93. The van der Waals surface area contributed by atoms with Gasteiger partial charge in [0.15, 0.2) is 8.68 Å². The number of carbonyl (C=O) groups is 1. The summed E-state index contributed by atoms with van der Waals surface area (Å²) >= 11 is 4.89. The van der Waals surface area contributed by atoms with Gasteiger partial charge in [0.25, 0.3) is 0 Å². The first-order valence-electron chi connectivity index (χ1n) is 6.51. The van der Waals surface area contributed by atoms with Crippen molar-refractivity contribution in [3.05, 3.63) is 12.7 Å². The molecule has 20 heavy (non-hydrogen) atoms. The average Bonchev–Trinajstić information content (AvgIpc) is 2.82. The van der Waals surface area contributed by atoms with Crippen molar-refractivity contribution in [2.45, 2.75) is 53.6 Å². The lowest BCUT2D eigenvalue weighted by molar-refractivity contribution is -0.142. The van der Waals surface area contributed by atoms with E-state index in [1.165, 1.54) is 6.08 Å². The number of hydrogen-bond acceptors (Lipinski definition) is 7. The minimum atomic E-state index is -0.364. The zero-order valence-electron chi connectivity index (χ0n) is 12.0. The Morgan fingerprint density at radius 3 is 2.75 bits per heavy atom. The Bertz CT molecular complexity index is 435. The summed E-state index contributed by atoms with van der Waals surface area (Å²) < 4.78 is 7.21. The molecule has 1 aromatic rings. The van der Waals surface area contributed by atoms with Crippen molar-refractivity contribution in [1.82, 2.24) is 10.2 Å². The van der Waals surface area contributed by atoms with Crippen molar-refractivity contribution in [2.75, 3.05) is 5.75 Å². The van der Waals surface area contributed by atoms with Crippen LogP contribution in [0.1, 0.15) is 33.6 Å². The lowest BCUT2D eigenvalue weighted by Crippen LogP contribution is -2.19. The first kappa shape index (κ1) is 17.5. The van der Waals surface area contributed by atoms with E-state index in [1.807, 2.05) is 0 Å². The molecule has 0 N–H and O–H groups in total. The third-order valence-corrected chi connectivity index (χ3v) is 5.45. The maximum atomic E-state index is 11.3. The van der Waals surface area contributed by atoms with E-state index in [0.717, 1.165) is 21.5 Å². The van der Waals surface area contributed by atoms with Crippen LogP contribution >= 0.6 is 34.9 Å². The van der Waals surface area contributed by atoms with E-state index < -0.39 is 0 Å². The van der Waals surface area contributed by atoms with Crippen LogP contribution in [0.15, 0.2) is 21.3 Å². The molecule has 0 fully saturated rings. The van der Waals surface area contributed by atoms with Crippen LogP contribution < -0.4 is 0 Å². The molecule has 0 aliphatic rings. The van der Waals surface area contributed by atoms with Crippen molar-refractivity contribution in [2.24, 2.45) is 0 Å². The Labute approximate surface area is 132 Å². The number of aromatic nitrogens is 2. The first-order chi connectivity index (χ1) is 9.55. The molecule has 0 spiro atoms. The second kappa shape index (κ2) is 9.41. The maximum Gasteiger partial charge on any atom is 0.330 e. The van der Waals surface area contributed by atoms with E-state index in [4.69, 9.17) is 4.74 Å². The molecular weight excluding hydrogens is 312 g/mol. The fourth-order valence-electron chi connectivity index (χ4n) is 1.38. The molecule has 0 aliphatic carbocycles. The Hall–Kier alpha value is -0.530. The molecule has 0 radical (unpaired) electrons. The van der Waals surface area contributed by atoms with Crippen molar-refractivity contribution in [1.29, 1.82) is 0 Å². The molecule has 1 aromatic heterocycles. The summed E-state index contributed by atoms with van der Waals surface area (Å²) in [7, 11) is 0. The van der Waals surface area contributed by atoms with Gasteiger partial charge in [0.2, 0.25) is 0 Å². The summed E-state index contributed by atoms with van der Waals surface area (Å²) in [4.78, 5) is 11.3. The largest absolute Gasteiger partial charge is 0.458 e. The Balaban J connectivity index is 2.47. The zero-order chi connectivity index (χ0) is 15.0. The first-order valence-corrected chi connectivity index (χ1v) is 9.19. The number of esters is 1. The van der Waals surface area contributed by atoms with Gasteiger partial charge in [0.1, 0.15) is 6.10 Å². The molecule has 0 aliphatic heterocycles. The van der Waals surface area contributed by atoms with Gasteiger partial charge in [-0.3, -0.25) is 0 Å². The van der Waals surface area contributed by atoms with Gasteiger partial charge in [-0.1, -0.05) is 68.6 Å². The van der Waals surface area contributed by atoms with Gasteiger partial charge in [-0.05, 0) is 6.42 Å². The van der Waals surface area contributed by atoms with Crippen LogP contribution in [0.2, 0.25) is 0 Å². The predicted molar refractivity (Wildman–Crippen MR) is 86.6 cm³/mol. The van der Waals surface area contributed by atoms with Gasteiger partial charge in [-0.25, -0.2) is 4.79 Å². The maximum absolute atomic E-state index is 11.3. The number of ether oxygens (including phenoxy) is 1. The highest BCUT2D eigenvalue weighted by Gasteiger charge is 2.14. The van der Waals surface area contributed by atoms with E-state index in [-0.39, 0.29) is 12.1 Å². The number of carbonyl (C=O) groups excluding carboxylic acids is 1. The summed E-state index contributed by atoms with van der Waals surface area (Å²) in [5.74, 6) is 0.339. The topological polar surface area (TPSA) is 52.1 Å². The van der Waals surface area contributed by atoms with Crippen LogP contribution in [0.25, 0.3) is 0 Å². The minimum absolute atomic E-state index is 0.0967. The Morgan fingerprint density at radius 2 is 2.15 bits per heavy atom. The van der Waals surface area contributed by atoms with Crippen LogP contribution in [0, 0.1) is 0 Å². The van der Waals surface area contributed by atoms with Gasteiger partial charge in [-0.15, -0.1) is 10.2 Å². The highest BCUT2D eigenvalue weighted by atomic mass is 32.2. The molecule has 1 heterocycles. The van der Waals surface area contributed by atoms with Crippen LogP contribution in [-0.2, 0) is 9.53 Å². The third-order valence-electron chi connectivity index (χ3n) is 2.18. The normalized spacial score (nSPS) is 12.4. The second-order valence-electron chi connectivity index (χ2n) is 4.36. The zero-order valence-corrected chi connectivity index (χ0v) is 14.4. The average molecular weight is 333 g/mol. The summed E-state index contributed by atoms with van der Waals surface area (Å²) in [6, 6.07) is 0. The van der Waals surface area contributed by atoms with Crippen LogP contribution in [0.5, 0.6) is 0 Å². The van der Waals surface area contributed by atoms with Crippen LogP contribution in [0.4, 0.5) is 0 Å². The smallest absolute Gasteiger partial charge is 0.330 e. The molecule has 0 bridgehead atoms. The fourth-order valence-corrected chi connectivity index (χ4v) is 4.69. The monoisotopic (exact) mass is 332 g/mol. The van der Waals surface area contributed by atoms with Crippen molar-refractivity contribution >= 4 is 40.8 Å². The van der Waals surface area contributed by atoms with Gasteiger partial charge < -0.3 is 4.74 Å². The minimum Gasteiger partial charge on any atom is -0.458 e. The molecule has 0 aromatic carbocycles. The second-order valence-corrected chi connectivity index (χ2v) is 8.43. The van der Waals surface area contributed by atoms with Crippen LogP contribution in [-0.4, -0.2) is 33.3 Å². The molecule has 4 nitrogen and oxygen atoms in total. The molecule has 7 heteroatoms. The predicted octanol–water partition coefficient (Wildman–Crippen LogP) is 4.03. The standard InChI is InChI=1S/C13H20N2O2S3/c1-5-7-10(17-11(16)6-2)8-18-12-14-15-13(20-12)19-9(3)4/h6,9-10H,2,5,7-8H2,1,3-4H3. The Morgan fingerprint density at radius 1 is 1.45 bits per heavy atom. The molecule has 0 saturated carbocycles. The van der Waals surface area contributed by atoms with Gasteiger partial charge in [-0.2, -0.15) is 0 Å². The van der Waals surface area contributed by atoms with E-state index in [9.17, 15) is 4.79 Å². The molecule has 1 unspecified atom stereocenters. The molecule has 1 rings (SSSR count). The Kier molecular flexibility index (Phi) is 8.25. The molecule has 112 valence electrons. The molecule has 0 amide bonds. The lowest BCUT2D eigenvalue weighted by atomic mass is 10.2. The van der Waals surface area contributed by atoms with Crippen molar-refractivity contribution in [3.63, 3.8) is 0 Å². The number of hydrogen-bond donors (Lipinski definition) is 0. The highest BCUT2D eigenvalue weighted by molar-refractivity contribution is 8.03. The highest BCUT2D eigenvalue weighted by Crippen LogP contribution is 2.31. The van der Waals surface area contributed by atoms with Gasteiger partial charge in [0, 0.05) is 17.1 Å². The van der Waals surface area contributed by atoms with E-state index in [1.54, 1.807) is 34.9 Å². The summed E-state index contributed by atoms with van der Waals surface area (Å²) in [5.41, 5.74) is 0. The molecule has 1 atom stereocenters. The number of nitrogens with zero attached hydrogens (tertiary/aromatic N) is 2. The van der Waals surface area contributed by atoms with E-state index in [0.29, 0.717) is 11.0 Å². The third kappa shape index (κ3) is 6.76. The summed E-state index contributed by atoms with van der Waals surface area (Å²) in [6.45, 7) is 9.75. The number of rotatable bonds is 9. The SMILES string of the molecule is C=CC(=O)OC(CCC)CSc1nnc(SC(C)C)s1. The van der Waals surface area contributed by atoms with Crippen LogP contribution in [0.3, 0.4) is 0 Å². The quantitative estimate of drug-likeness (QED) is 0.387. The van der Waals surface area contributed by atoms with E-state index >= 15 is 0 Å².